The van der Waals surface area contributed by atoms with E-state index >= 15 is 0 Å². The van der Waals surface area contributed by atoms with Crippen LogP contribution in [0.5, 0.6) is 0 Å². The molecule has 1 rings (SSSR count). The third-order valence-electron chi connectivity index (χ3n) is 3.77. The van der Waals surface area contributed by atoms with E-state index in [0.717, 1.165) is 6.42 Å². The Morgan fingerprint density at radius 3 is 2.00 bits per heavy atom. The topological polar surface area (TPSA) is 4.93 Å². The molecule has 0 fully saturated rings. The van der Waals surface area contributed by atoms with E-state index in [4.69, 9.17) is 0 Å². The van der Waals surface area contributed by atoms with Gasteiger partial charge in [-0.25, -0.2) is 0 Å². The van der Waals surface area contributed by atoms with Gasteiger partial charge in [-0.05, 0) is 25.0 Å². The van der Waals surface area contributed by atoms with Crippen molar-refractivity contribution in [1.82, 2.24) is 4.57 Å². The summed E-state index contributed by atoms with van der Waals surface area (Å²) in [7, 11) is 0. The van der Waals surface area contributed by atoms with Crippen LogP contribution in [0.15, 0.2) is 24.5 Å². The monoisotopic (exact) mass is 248 g/mol. The van der Waals surface area contributed by atoms with Crippen LogP contribution in [-0.4, -0.2) is 4.57 Å². The van der Waals surface area contributed by atoms with E-state index < -0.39 is 0 Å². The predicted molar refractivity (Wildman–Crippen MR) is 80.7 cm³/mol. The maximum absolute atomic E-state index is 4.07. The van der Waals surface area contributed by atoms with Crippen molar-refractivity contribution >= 4 is 0 Å². The fraction of sp³-hybridized carbons (Fsp3) is 0.706. The van der Waals surface area contributed by atoms with E-state index in [2.05, 4.69) is 42.9 Å². The van der Waals surface area contributed by atoms with Gasteiger partial charge in [-0.15, -0.1) is 0 Å². The molecule has 0 aliphatic carbocycles. The van der Waals surface area contributed by atoms with Gasteiger partial charge in [-0.2, -0.15) is 0 Å². The maximum Gasteiger partial charge on any atom is 0.0330 e. The number of nitrogens with zero attached hydrogens (tertiary/aromatic N) is 1. The highest BCUT2D eigenvalue weighted by molar-refractivity contribution is 4.93. The minimum absolute atomic E-state index is 0.611. The van der Waals surface area contributed by atoms with Crippen LogP contribution in [0.3, 0.4) is 0 Å². The number of aromatic nitrogens is 1. The summed E-state index contributed by atoms with van der Waals surface area (Å²) < 4.78 is 2.31. The van der Waals surface area contributed by atoms with E-state index in [1.807, 2.05) is 0 Å². The first-order valence-corrected chi connectivity index (χ1v) is 7.80. The molecule has 0 aliphatic rings. The third kappa shape index (κ3) is 6.28. The summed E-state index contributed by atoms with van der Waals surface area (Å²) >= 11 is 0. The Kier molecular flexibility index (Phi) is 8.71. The molecule has 0 bridgehead atoms. The van der Waals surface area contributed by atoms with E-state index in [1.165, 1.54) is 57.8 Å². The molecule has 0 amide bonds. The lowest BCUT2D eigenvalue weighted by Crippen LogP contribution is -2.05. The highest BCUT2D eigenvalue weighted by Gasteiger charge is 2.06. The average Bonchev–Trinajstić information content (AvgIpc) is 2.91. The van der Waals surface area contributed by atoms with E-state index in [0.29, 0.717) is 6.04 Å². The Morgan fingerprint density at radius 1 is 0.889 bits per heavy atom. The number of unbranched alkanes of at least 4 members (excludes halogenated alkanes) is 7. The Bertz CT molecular complexity index is 263. The molecule has 1 unspecified atom stereocenters. The highest BCUT2D eigenvalue weighted by atomic mass is 15.0. The molecule has 1 aromatic heterocycles. The van der Waals surface area contributed by atoms with Crippen molar-refractivity contribution in [3.63, 3.8) is 0 Å². The zero-order valence-corrected chi connectivity index (χ0v) is 12.1. The summed E-state index contributed by atoms with van der Waals surface area (Å²) in [5.41, 5.74) is 0. The van der Waals surface area contributed by atoms with E-state index in [9.17, 15) is 0 Å². The molecule has 1 radical (unpaired) electrons. The number of hydrogen-bond acceptors (Lipinski definition) is 0. The van der Waals surface area contributed by atoms with Gasteiger partial charge in [-0.1, -0.05) is 65.2 Å². The molecular formula is C17H30N. The number of rotatable bonds is 11. The first kappa shape index (κ1) is 15.3. The van der Waals surface area contributed by atoms with Crippen LogP contribution in [-0.2, 0) is 0 Å². The molecule has 1 atom stereocenters. The summed E-state index contributed by atoms with van der Waals surface area (Å²) in [6.45, 7) is 6.35. The van der Waals surface area contributed by atoms with Gasteiger partial charge >= 0.3 is 0 Å². The SMILES string of the molecule is [CH2]CC(CCCCCCCCCC)n1cccc1. The zero-order valence-electron chi connectivity index (χ0n) is 12.1. The molecule has 0 aliphatic heterocycles. The van der Waals surface area contributed by atoms with Gasteiger partial charge in [0.2, 0.25) is 0 Å². The summed E-state index contributed by atoms with van der Waals surface area (Å²) in [5, 5.41) is 0. The van der Waals surface area contributed by atoms with Crippen molar-refractivity contribution in [2.45, 2.75) is 77.2 Å². The standard InChI is InChI=1S/C17H30N/c1-3-5-6-7-8-9-10-11-14-17(4-2)18-15-12-13-16-18/h12-13,15-17H,2-11,14H2,1H3. The van der Waals surface area contributed by atoms with Crippen molar-refractivity contribution in [1.29, 1.82) is 0 Å². The van der Waals surface area contributed by atoms with Crippen LogP contribution in [0, 0.1) is 6.92 Å². The maximum atomic E-state index is 4.07. The second-order valence-electron chi connectivity index (χ2n) is 5.34. The summed E-state index contributed by atoms with van der Waals surface area (Å²) in [5.74, 6) is 0. The predicted octanol–water partition coefficient (Wildman–Crippen LogP) is 5.78. The molecule has 0 N–H and O–H groups in total. The van der Waals surface area contributed by atoms with Gasteiger partial charge in [0.05, 0.1) is 0 Å². The van der Waals surface area contributed by atoms with E-state index in [1.54, 1.807) is 0 Å². The fourth-order valence-corrected chi connectivity index (χ4v) is 2.55. The molecule has 1 heterocycles. The Balaban J connectivity index is 1.99. The van der Waals surface area contributed by atoms with Gasteiger partial charge in [-0.3, -0.25) is 0 Å². The molecule has 0 saturated heterocycles. The van der Waals surface area contributed by atoms with E-state index in [-0.39, 0.29) is 0 Å². The lowest BCUT2D eigenvalue weighted by Gasteiger charge is -2.16. The van der Waals surface area contributed by atoms with Crippen LogP contribution < -0.4 is 0 Å². The second-order valence-corrected chi connectivity index (χ2v) is 5.34. The molecule has 18 heavy (non-hydrogen) atoms. The minimum Gasteiger partial charge on any atom is -0.351 e. The van der Waals surface area contributed by atoms with Gasteiger partial charge in [0, 0.05) is 18.4 Å². The Labute approximate surface area is 114 Å². The van der Waals surface area contributed by atoms with Gasteiger partial charge in [0.1, 0.15) is 0 Å². The lowest BCUT2D eigenvalue weighted by molar-refractivity contribution is 0.440. The van der Waals surface area contributed by atoms with Crippen LogP contribution in [0.25, 0.3) is 0 Å². The Hall–Kier alpha value is -0.720. The van der Waals surface area contributed by atoms with Gasteiger partial charge in [0.15, 0.2) is 0 Å². The molecule has 0 spiro atoms. The second kappa shape index (κ2) is 10.2. The minimum atomic E-state index is 0.611. The number of hydrogen-bond donors (Lipinski definition) is 0. The first-order valence-electron chi connectivity index (χ1n) is 7.80. The molecule has 1 heteroatoms. The van der Waals surface area contributed by atoms with Crippen LogP contribution in [0.4, 0.5) is 0 Å². The molecule has 0 aromatic carbocycles. The van der Waals surface area contributed by atoms with Crippen molar-refractivity contribution in [3.8, 4) is 0 Å². The molecule has 1 aromatic rings. The molecule has 1 nitrogen and oxygen atoms in total. The molecule has 0 saturated carbocycles. The largest absolute Gasteiger partial charge is 0.351 e. The average molecular weight is 248 g/mol. The first-order chi connectivity index (χ1) is 8.88. The zero-order chi connectivity index (χ0) is 13.1. The van der Waals surface area contributed by atoms with Crippen molar-refractivity contribution in [2.75, 3.05) is 0 Å². The molecule has 103 valence electrons. The van der Waals surface area contributed by atoms with Crippen molar-refractivity contribution in [3.05, 3.63) is 31.5 Å². The van der Waals surface area contributed by atoms with Crippen LogP contribution >= 0.6 is 0 Å². The third-order valence-corrected chi connectivity index (χ3v) is 3.77. The van der Waals surface area contributed by atoms with Crippen LogP contribution in [0.1, 0.15) is 77.2 Å². The van der Waals surface area contributed by atoms with Gasteiger partial charge < -0.3 is 4.57 Å². The van der Waals surface area contributed by atoms with Crippen molar-refractivity contribution < 1.29 is 0 Å². The smallest absolute Gasteiger partial charge is 0.0330 e. The fourth-order valence-electron chi connectivity index (χ4n) is 2.55. The summed E-state index contributed by atoms with van der Waals surface area (Å²) in [6, 6.07) is 4.83. The Morgan fingerprint density at radius 2 is 1.44 bits per heavy atom. The lowest BCUT2D eigenvalue weighted by atomic mass is 10.0. The van der Waals surface area contributed by atoms with Gasteiger partial charge in [0.25, 0.3) is 0 Å². The normalized spacial score (nSPS) is 12.8. The molecular weight excluding hydrogens is 218 g/mol. The van der Waals surface area contributed by atoms with Crippen LogP contribution in [0.2, 0.25) is 0 Å². The summed E-state index contributed by atoms with van der Waals surface area (Å²) in [4.78, 5) is 0. The highest BCUT2D eigenvalue weighted by Crippen LogP contribution is 2.20. The summed E-state index contributed by atoms with van der Waals surface area (Å²) in [6.07, 6.45) is 17.8. The van der Waals surface area contributed by atoms with Crippen molar-refractivity contribution in [2.24, 2.45) is 0 Å². The quantitative estimate of drug-likeness (QED) is 0.437.